The average Bonchev–Trinajstić information content (AvgIpc) is 3.60. The van der Waals surface area contributed by atoms with E-state index in [1.807, 2.05) is 0 Å². The van der Waals surface area contributed by atoms with Crippen LogP contribution in [0.4, 0.5) is 17.1 Å². The highest BCUT2D eigenvalue weighted by atomic mass is 15.2. The van der Waals surface area contributed by atoms with Crippen LogP contribution in [0.5, 0.6) is 0 Å². The van der Waals surface area contributed by atoms with Crippen LogP contribution in [0.2, 0.25) is 0 Å². The lowest BCUT2D eigenvalue weighted by Gasteiger charge is -2.31. The van der Waals surface area contributed by atoms with Crippen molar-refractivity contribution in [1.82, 2.24) is 4.57 Å². The molecule has 10 rings (SSSR count). The minimum atomic E-state index is 1.11. The van der Waals surface area contributed by atoms with E-state index < -0.39 is 0 Å². The Hall–Kier alpha value is -7.16. The fourth-order valence-corrected chi connectivity index (χ4v) is 8.09. The van der Waals surface area contributed by atoms with E-state index in [0.717, 1.165) is 45.0 Å². The zero-order chi connectivity index (χ0) is 35.8. The summed E-state index contributed by atoms with van der Waals surface area (Å²) >= 11 is 0. The van der Waals surface area contributed by atoms with Gasteiger partial charge < -0.3 is 9.47 Å². The molecule has 2 heteroatoms. The molecule has 0 bridgehead atoms. The van der Waals surface area contributed by atoms with Gasteiger partial charge in [0.2, 0.25) is 0 Å². The summed E-state index contributed by atoms with van der Waals surface area (Å²) in [6, 6.07) is 79.1. The molecule has 2 nitrogen and oxygen atoms in total. The van der Waals surface area contributed by atoms with Crippen molar-refractivity contribution in [2.24, 2.45) is 0 Å². The molecule has 0 saturated carbocycles. The zero-order valence-electron chi connectivity index (χ0n) is 29.7. The van der Waals surface area contributed by atoms with E-state index in [0.29, 0.717) is 0 Å². The van der Waals surface area contributed by atoms with Gasteiger partial charge in [0.1, 0.15) is 0 Å². The van der Waals surface area contributed by atoms with Gasteiger partial charge >= 0.3 is 0 Å². The Kier molecular flexibility index (Phi) is 7.85. The van der Waals surface area contributed by atoms with E-state index in [1.54, 1.807) is 0 Å². The average molecular weight is 689 g/mol. The largest absolute Gasteiger partial charge is 0.309 e. The van der Waals surface area contributed by atoms with Crippen LogP contribution >= 0.6 is 0 Å². The molecule has 1 aromatic heterocycles. The van der Waals surface area contributed by atoms with Gasteiger partial charge in [-0.25, -0.2) is 0 Å². The Labute approximate surface area is 315 Å². The fraction of sp³-hybridized carbons (Fsp3) is 0. The third-order valence-electron chi connectivity index (χ3n) is 10.6. The van der Waals surface area contributed by atoms with E-state index >= 15 is 0 Å². The van der Waals surface area contributed by atoms with Gasteiger partial charge in [0.05, 0.1) is 28.1 Å². The highest BCUT2D eigenvalue weighted by molar-refractivity contribution is 6.17. The van der Waals surface area contributed by atoms with Crippen LogP contribution in [-0.4, -0.2) is 4.57 Å². The minimum absolute atomic E-state index is 1.11. The third kappa shape index (κ3) is 5.44. The van der Waals surface area contributed by atoms with Crippen LogP contribution < -0.4 is 4.90 Å². The molecule has 0 spiro atoms. The quantitative estimate of drug-likeness (QED) is 0.162. The third-order valence-corrected chi connectivity index (χ3v) is 10.6. The number of nitrogens with zero attached hydrogens (tertiary/aromatic N) is 2. The van der Waals surface area contributed by atoms with Gasteiger partial charge in [-0.3, -0.25) is 0 Å². The summed E-state index contributed by atoms with van der Waals surface area (Å²) in [6.45, 7) is 0. The summed E-state index contributed by atoms with van der Waals surface area (Å²) < 4.78 is 2.40. The molecule has 1 heterocycles. The number of fused-ring (bicyclic) bond motifs is 4. The van der Waals surface area contributed by atoms with Gasteiger partial charge in [-0.15, -0.1) is 0 Å². The Morgan fingerprint density at radius 2 is 0.907 bits per heavy atom. The lowest BCUT2D eigenvalue weighted by Crippen LogP contribution is -2.13. The first kappa shape index (κ1) is 31.6. The van der Waals surface area contributed by atoms with Gasteiger partial charge in [0.15, 0.2) is 0 Å². The number of aromatic nitrogens is 1. The molecule has 9 aromatic carbocycles. The molecular formula is C52H36N2. The van der Waals surface area contributed by atoms with Gasteiger partial charge in [-0.2, -0.15) is 0 Å². The number of rotatable bonds is 7. The lowest BCUT2D eigenvalue weighted by atomic mass is 9.94. The highest BCUT2D eigenvalue weighted by Crippen LogP contribution is 2.49. The number of anilines is 3. The molecule has 0 aliphatic heterocycles. The molecule has 0 saturated heterocycles. The second kappa shape index (κ2) is 13.4. The molecule has 54 heavy (non-hydrogen) atoms. The van der Waals surface area contributed by atoms with Gasteiger partial charge in [-0.05, 0) is 81.6 Å². The van der Waals surface area contributed by atoms with Gasteiger partial charge in [0.25, 0.3) is 0 Å². The highest BCUT2D eigenvalue weighted by Gasteiger charge is 2.25. The molecule has 254 valence electrons. The molecule has 0 aliphatic carbocycles. The molecular weight excluding hydrogens is 653 g/mol. The van der Waals surface area contributed by atoms with Crippen LogP contribution in [0.3, 0.4) is 0 Å². The number of hydrogen-bond acceptors (Lipinski definition) is 1. The van der Waals surface area contributed by atoms with Crippen molar-refractivity contribution in [3.63, 3.8) is 0 Å². The standard InChI is InChI=1S/C52H36N2/c1-4-17-37(18-5-1)41-33-34-45(39-20-6-2-7-21-39)51(36-41)54(47-27-14-12-25-44(47)42-32-31-38-19-10-11-22-40(38)35-42)50-30-16-29-49-52(50)46-26-13-15-28-48(46)53(49)43-23-8-3-9-24-43/h1-36H. The molecule has 0 N–H and O–H groups in total. The first-order valence-electron chi connectivity index (χ1n) is 18.5. The summed E-state index contributed by atoms with van der Waals surface area (Å²) in [5.41, 5.74) is 13.8. The predicted octanol–water partition coefficient (Wildman–Crippen LogP) is 14.4. The van der Waals surface area contributed by atoms with Gasteiger partial charge in [-0.1, -0.05) is 170 Å². The van der Waals surface area contributed by atoms with Crippen molar-refractivity contribution in [3.8, 4) is 39.1 Å². The van der Waals surface area contributed by atoms with E-state index in [4.69, 9.17) is 0 Å². The Morgan fingerprint density at radius 3 is 1.72 bits per heavy atom. The molecule has 10 aromatic rings. The van der Waals surface area contributed by atoms with Crippen LogP contribution in [0, 0.1) is 0 Å². The molecule has 0 atom stereocenters. The van der Waals surface area contributed by atoms with E-state index in [-0.39, 0.29) is 0 Å². The van der Waals surface area contributed by atoms with Crippen molar-refractivity contribution < 1.29 is 0 Å². The Bertz CT molecular complexity index is 2930. The SMILES string of the molecule is c1ccc(-c2ccc(-c3ccccc3)c(N(c3ccccc3-c3ccc4ccccc4c3)c3cccc4c3c3ccccc3n4-c3ccccc3)c2)cc1. The van der Waals surface area contributed by atoms with Crippen LogP contribution in [0.1, 0.15) is 0 Å². The molecule has 0 radical (unpaired) electrons. The lowest BCUT2D eigenvalue weighted by molar-refractivity contribution is 1.18. The van der Waals surface area contributed by atoms with Crippen LogP contribution in [-0.2, 0) is 0 Å². The summed E-state index contributed by atoms with van der Waals surface area (Å²) in [5.74, 6) is 0. The molecule has 0 unspecified atom stereocenters. The summed E-state index contributed by atoms with van der Waals surface area (Å²) in [5, 5.41) is 4.87. The summed E-state index contributed by atoms with van der Waals surface area (Å²) in [4.78, 5) is 2.52. The smallest absolute Gasteiger partial charge is 0.0562 e. The number of benzene rings is 9. The van der Waals surface area contributed by atoms with E-state index in [9.17, 15) is 0 Å². The van der Waals surface area contributed by atoms with Crippen molar-refractivity contribution in [2.45, 2.75) is 0 Å². The van der Waals surface area contributed by atoms with Crippen molar-refractivity contribution in [1.29, 1.82) is 0 Å². The van der Waals surface area contributed by atoms with Crippen molar-refractivity contribution >= 4 is 49.6 Å². The van der Waals surface area contributed by atoms with E-state index in [2.05, 4.69) is 228 Å². The van der Waals surface area contributed by atoms with Crippen LogP contribution in [0.25, 0.3) is 71.6 Å². The normalized spacial score (nSPS) is 11.3. The maximum Gasteiger partial charge on any atom is 0.0562 e. The topological polar surface area (TPSA) is 8.17 Å². The van der Waals surface area contributed by atoms with Gasteiger partial charge in [0, 0.05) is 27.6 Å². The summed E-state index contributed by atoms with van der Waals surface area (Å²) in [7, 11) is 0. The maximum absolute atomic E-state index is 2.52. The van der Waals surface area contributed by atoms with Crippen LogP contribution in [0.15, 0.2) is 218 Å². The minimum Gasteiger partial charge on any atom is -0.309 e. The number of para-hydroxylation sites is 3. The fourth-order valence-electron chi connectivity index (χ4n) is 8.09. The predicted molar refractivity (Wildman–Crippen MR) is 229 cm³/mol. The zero-order valence-corrected chi connectivity index (χ0v) is 29.7. The number of hydrogen-bond donors (Lipinski definition) is 0. The second-order valence-electron chi connectivity index (χ2n) is 13.7. The summed E-state index contributed by atoms with van der Waals surface area (Å²) in [6.07, 6.45) is 0. The molecule has 0 aliphatic rings. The first-order valence-corrected chi connectivity index (χ1v) is 18.5. The monoisotopic (exact) mass is 688 g/mol. The van der Waals surface area contributed by atoms with E-state index in [1.165, 1.54) is 43.8 Å². The Balaban J connectivity index is 1.33. The van der Waals surface area contributed by atoms with Crippen molar-refractivity contribution in [2.75, 3.05) is 4.90 Å². The first-order chi connectivity index (χ1) is 26.8. The maximum atomic E-state index is 2.52. The Morgan fingerprint density at radius 1 is 0.315 bits per heavy atom. The molecule has 0 amide bonds. The van der Waals surface area contributed by atoms with Crippen molar-refractivity contribution in [3.05, 3.63) is 218 Å². The molecule has 0 fully saturated rings. The second-order valence-corrected chi connectivity index (χ2v) is 13.7.